The fourth-order valence-corrected chi connectivity index (χ4v) is 3.45. The van der Waals surface area contributed by atoms with Crippen molar-refractivity contribution >= 4 is 33.7 Å². The summed E-state index contributed by atoms with van der Waals surface area (Å²) < 4.78 is 0. The van der Waals surface area contributed by atoms with E-state index >= 15 is 0 Å². The Morgan fingerprint density at radius 2 is 1.58 bits per heavy atom. The van der Waals surface area contributed by atoms with Crippen LogP contribution in [0.4, 0.5) is 0 Å². The highest BCUT2D eigenvalue weighted by Gasteiger charge is 2.11. The fourth-order valence-electron chi connectivity index (χ4n) is 3.45. The van der Waals surface area contributed by atoms with Gasteiger partial charge >= 0.3 is 0 Å². The van der Waals surface area contributed by atoms with Crippen LogP contribution < -0.4 is 0 Å². The molecule has 126 valence electrons. The molecule has 2 heteroatoms. The third-order valence-electron chi connectivity index (χ3n) is 4.73. The summed E-state index contributed by atoms with van der Waals surface area (Å²) >= 11 is 0. The van der Waals surface area contributed by atoms with Crippen LogP contribution in [-0.2, 0) is 0 Å². The molecule has 0 spiro atoms. The molecule has 0 aliphatic carbocycles. The van der Waals surface area contributed by atoms with E-state index in [9.17, 15) is 10.2 Å². The Balaban J connectivity index is 2.11. The Labute approximate surface area is 152 Å². The molecule has 2 N–H and O–H groups in total. The number of hydrogen-bond acceptors (Lipinski definition) is 2. The zero-order valence-corrected chi connectivity index (χ0v) is 14.2. The molecule has 4 rings (SSSR count). The van der Waals surface area contributed by atoms with Gasteiger partial charge in [0, 0.05) is 5.39 Å². The summed E-state index contributed by atoms with van der Waals surface area (Å²) in [5.41, 5.74) is 3.76. The number of phenolic OH excluding ortho intramolecular Hbond substituents is 2. The first-order chi connectivity index (χ1) is 12.6. The molecular weight excluding hydrogens is 320 g/mol. The van der Waals surface area contributed by atoms with E-state index in [-0.39, 0.29) is 11.5 Å². The molecule has 0 bridgehead atoms. The molecule has 26 heavy (non-hydrogen) atoms. The summed E-state index contributed by atoms with van der Waals surface area (Å²) in [7, 11) is 0. The first kappa shape index (κ1) is 16.0. The van der Waals surface area contributed by atoms with Crippen LogP contribution in [0.5, 0.6) is 11.5 Å². The maximum Gasteiger partial charge on any atom is 0.124 e. The summed E-state index contributed by atoms with van der Waals surface area (Å²) in [6.45, 7) is 7.75. The molecule has 4 aromatic carbocycles. The van der Waals surface area contributed by atoms with E-state index in [1.165, 1.54) is 0 Å². The largest absolute Gasteiger partial charge is 0.508 e. The normalized spacial score (nSPS) is 10.9. The Morgan fingerprint density at radius 1 is 0.731 bits per heavy atom. The van der Waals surface area contributed by atoms with Gasteiger partial charge in [-0.2, -0.15) is 0 Å². The quantitative estimate of drug-likeness (QED) is 0.456. The highest BCUT2D eigenvalue weighted by Crippen LogP contribution is 2.38. The maximum atomic E-state index is 10.6. The lowest BCUT2D eigenvalue weighted by molar-refractivity contribution is 0.476. The second kappa shape index (κ2) is 6.08. The number of hydrogen-bond donors (Lipinski definition) is 2. The molecule has 0 aliphatic rings. The maximum absolute atomic E-state index is 10.6. The van der Waals surface area contributed by atoms with Gasteiger partial charge in [0.15, 0.2) is 0 Å². The van der Waals surface area contributed by atoms with Crippen molar-refractivity contribution in [3.8, 4) is 22.6 Å². The molecule has 0 unspecified atom stereocenters. The van der Waals surface area contributed by atoms with Crippen molar-refractivity contribution in [1.29, 1.82) is 0 Å². The van der Waals surface area contributed by atoms with Gasteiger partial charge in [-0.15, -0.1) is 0 Å². The molecule has 4 aromatic rings. The molecule has 0 radical (unpaired) electrons. The molecule has 2 nitrogen and oxygen atoms in total. The van der Waals surface area contributed by atoms with E-state index in [1.807, 2.05) is 36.4 Å². The summed E-state index contributed by atoms with van der Waals surface area (Å²) in [5, 5.41) is 24.2. The topological polar surface area (TPSA) is 40.5 Å². The van der Waals surface area contributed by atoms with Gasteiger partial charge in [-0.1, -0.05) is 49.6 Å². The summed E-state index contributed by atoms with van der Waals surface area (Å²) in [4.78, 5) is 0. The molecule has 0 heterocycles. The number of benzene rings is 4. The van der Waals surface area contributed by atoms with E-state index in [0.29, 0.717) is 0 Å². The van der Waals surface area contributed by atoms with Crippen LogP contribution in [0.25, 0.3) is 44.8 Å². The number of rotatable bonds is 3. The van der Waals surface area contributed by atoms with Crippen LogP contribution in [0.15, 0.2) is 73.8 Å². The van der Waals surface area contributed by atoms with Crippen LogP contribution in [0.2, 0.25) is 0 Å². The first-order valence-corrected chi connectivity index (χ1v) is 8.38. The van der Waals surface area contributed by atoms with Gasteiger partial charge in [-0.3, -0.25) is 0 Å². The molecule has 0 amide bonds. The van der Waals surface area contributed by atoms with Crippen molar-refractivity contribution in [2.24, 2.45) is 0 Å². The Morgan fingerprint density at radius 3 is 2.35 bits per heavy atom. The van der Waals surface area contributed by atoms with Gasteiger partial charge in [0.1, 0.15) is 11.5 Å². The number of phenols is 2. The monoisotopic (exact) mass is 338 g/mol. The Kier molecular flexibility index (Phi) is 3.74. The highest BCUT2D eigenvalue weighted by atomic mass is 16.3. The third-order valence-corrected chi connectivity index (χ3v) is 4.73. The van der Waals surface area contributed by atoms with Crippen molar-refractivity contribution in [3.63, 3.8) is 0 Å². The van der Waals surface area contributed by atoms with Gasteiger partial charge in [-0.25, -0.2) is 0 Å². The van der Waals surface area contributed by atoms with Gasteiger partial charge in [0.25, 0.3) is 0 Å². The van der Waals surface area contributed by atoms with Crippen molar-refractivity contribution in [3.05, 3.63) is 84.9 Å². The van der Waals surface area contributed by atoms with Gasteiger partial charge in [-0.05, 0) is 74.8 Å². The second-order valence-corrected chi connectivity index (χ2v) is 6.32. The van der Waals surface area contributed by atoms with Gasteiger partial charge in [0.2, 0.25) is 0 Å². The Bertz CT molecular complexity index is 1190. The minimum Gasteiger partial charge on any atom is -0.508 e. The molecular formula is C24H18O2. The van der Waals surface area contributed by atoms with Crippen molar-refractivity contribution in [1.82, 2.24) is 0 Å². The third kappa shape index (κ3) is 2.52. The van der Waals surface area contributed by atoms with E-state index in [1.54, 1.807) is 30.4 Å². The lowest BCUT2D eigenvalue weighted by Crippen LogP contribution is -1.87. The molecule has 0 atom stereocenters. The Hall–Kier alpha value is -3.52. The minimum absolute atomic E-state index is 0.210. The fraction of sp³-hybridized carbons (Fsp3) is 0. The van der Waals surface area contributed by atoms with Crippen LogP contribution in [0.3, 0.4) is 0 Å². The second-order valence-electron chi connectivity index (χ2n) is 6.32. The van der Waals surface area contributed by atoms with E-state index in [2.05, 4.69) is 19.2 Å². The van der Waals surface area contributed by atoms with Crippen LogP contribution in [-0.4, -0.2) is 10.2 Å². The molecule has 0 aliphatic heterocycles. The van der Waals surface area contributed by atoms with Crippen molar-refractivity contribution < 1.29 is 10.2 Å². The number of fused-ring (bicyclic) bond motifs is 2. The van der Waals surface area contributed by atoms with E-state index in [0.717, 1.165) is 43.8 Å². The zero-order valence-electron chi connectivity index (χ0n) is 14.2. The van der Waals surface area contributed by atoms with Gasteiger partial charge < -0.3 is 10.2 Å². The zero-order chi connectivity index (χ0) is 18.3. The highest BCUT2D eigenvalue weighted by molar-refractivity contribution is 6.03. The average Bonchev–Trinajstić information content (AvgIpc) is 2.66. The van der Waals surface area contributed by atoms with E-state index < -0.39 is 0 Å². The summed E-state index contributed by atoms with van der Waals surface area (Å²) in [5.74, 6) is 0.431. The summed E-state index contributed by atoms with van der Waals surface area (Å²) in [6.07, 6.45) is 3.58. The van der Waals surface area contributed by atoms with E-state index in [4.69, 9.17) is 0 Å². The van der Waals surface area contributed by atoms with Crippen LogP contribution >= 0.6 is 0 Å². The van der Waals surface area contributed by atoms with Crippen molar-refractivity contribution in [2.75, 3.05) is 0 Å². The minimum atomic E-state index is 0.210. The molecule has 0 saturated heterocycles. The van der Waals surface area contributed by atoms with Crippen LogP contribution in [0, 0.1) is 0 Å². The standard InChI is InChI=1S/C24H18O2/c1-3-15-10-17-8-9-19(25)14-23(17)21(11-15)18-12-22-16(4-2)6-5-7-20(22)24(26)13-18/h3-14,25-26H,1-2H2. The first-order valence-electron chi connectivity index (χ1n) is 8.38. The number of aromatic hydroxyl groups is 2. The van der Waals surface area contributed by atoms with Crippen LogP contribution in [0.1, 0.15) is 11.1 Å². The SMILES string of the molecule is C=Cc1cc(-c2cc(O)c3cccc(C=C)c3c2)c2cc(O)ccc2c1. The predicted octanol–water partition coefficient (Wildman–Crippen LogP) is 6.36. The summed E-state index contributed by atoms with van der Waals surface area (Å²) in [6, 6.07) is 19.0. The van der Waals surface area contributed by atoms with Crippen molar-refractivity contribution in [2.45, 2.75) is 0 Å². The van der Waals surface area contributed by atoms with Gasteiger partial charge in [0.05, 0.1) is 0 Å². The average molecular weight is 338 g/mol. The molecule has 0 fully saturated rings. The predicted molar refractivity (Wildman–Crippen MR) is 110 cm³/mol. The molecule has 0 aromatic heterocycles. The molecule has 0 saturated carbocycles. The smallest absolute Gasteiger partial charge is 0.124 e. The lowest BCUT2D eigenvalue weighted by atomic mass is 9.92. The lowest BCUT2D eigenvalue weighted by Gasteiger charge is -2.13.